The van der Waals surface area contributed by atoms with Gasteiger partial charge in [0.15, 0.2) is 5.03 Å². The standard InChI is InChI=1S/C14H13N5O2S/c20-22(21,14-9-16-10-18-14)19-7-11-3-5-17-13(6-11)12-2-1-4-15-8-12/h1-6,8-10,19H,7H2,(H,16,18). The SMILES string of the molecule is O=S(=O)(NCc1ccnc(-c2cccnc2)c1)c1cnc[nH]1. The lowest BCUT2D eigenvalue weighted by atomic mass is 10.1. The Morgan fingerprint density at radius 3 is 2.77 bits per heavy atom. The summed E-state index contributed by atoms with van der Waals surface area (Å²) in [6.45, 7) is 0.164. The first-order valence-electron chi connectivity index (χ1n) is 6.48. The minimum absolute atomic E-state index is 0.0361. The lowest BCUT2D eigenvalue weighted by Crippen LogP contribution is -2.23. The van der Waals surface area contributed by atoms with Crippen molar-refractivity contribution in [1.29, 1.82) is 0 Å². The van der Waals surface area contributed by atoms with Crippen LogP contribution in [-0.2, 0) is 16.6 Å². The number of sulfonamides is 1. The molecule has 0 saturated heterocycles. The molecule has 2 N–H and O–H groups in total. The van der Waals surface area contributed by atoms with Crippen molar-refractivity contribution in [2.75, 3.05) is 0 Å². The highest BCUT2D eigenvalue weighted by Gasteiger charge is 2.15. The quantitative estimate of drug-likeness (QED) is 0.740. The van der Waals surface area contributed by atoms with Crippen LogP contribution in [0.3, 0.4) is 0 Å². The Kier molecular flexibility index (Phi) is 3.94. The van der Waals surface area contributed by atoms with Gasteiger partial charge < -0.3 is 4.98 Å². The minimum atomic E-state index is -3.59. The summed E-state index contributed by atoms with van der Waals surface area (Å²) < 4.78 is 26.5. The van der Waals surface area contributed by atoms with Crippen LogP contribution in [0.5, 0.6) is 0 Å². The van der Waals surface area contributed by atoms with E-state index in [9.17, 15) is 8.42 Å². The molecule has 0 atom stereocenters. The maximum atomic E-state index is 12.0. The Bertz CT molecular complexity index is 848. The molecule has 7 nitrogen and oxygen atoms in total. The Hall–Kier alpha value is -2.58. The molecule has 0 aromatic carbocycles. The number of imidazole rings is 1. The fourth-order valence-corrected chi connectivity index (χ4v) is 2.82. The smallest absolute Gasteiger partial charge is 0.257 e. The average molecular weight is 315 g/mol. The summed E-state index contributed by atoms with van der Waals surface area (Å²) in [5.74, 6) is 0. The van der Waals surface area contributed by atoms with E-state index in [4.69, 9.17) is 0 Å². The van der Waals surface area contributed by atoms with E-state index in [-0.39, 0.29) is 11.6 Å². The van der Waals surface area contributed by atoms with Gasteiger partial charge in [0.1, 0.15) is 0 Å². The predicted molar refractivity (Wildman–Crippen MR) is 80.1 cm³/mol. The number of hydrogen-bond acceptors (Lipinski definition) is 5. The minimum Gasteiger partial charge on any atom is -0.335 e. The molecule has 0 aliphatic heterocycles. The number of nitrogens with zero attached hydrogens (tertiary/aromatic N) is 3. The number of pyridine rings is 2. The Morgan fingerprint density at radius 1 is 1.14 bits per heavy atom. The molecule has 0 bridgehead atoms. The van der Waals surface area contributed by atoms with E-state index in [1.165, 1.54) is 12.5 Å². The summed E-state index contributed by atoms with van der Waals surface area (Å²) in [5, 5.41) is 0.0361. The van der Waals surface area contributed by atoms with Gasteiger partial charge in [0.25, 0.3) is 10.0 Å². The number of aromatic nitrogens is 4. The van der Waals surface area contributed by atoms with Crippen LogP contribution in [0.1, 0.15) is 5.56 Å². The lowest BCUT2D eigenvalue weighted by Gasteiger charge is -2.06. The van der Waals surface area contributed by atoms with Gasteiger partial charge in [-0.25, -0.2) is 18.1 Å². The molecule has 3 rings (SSSR count). The second-order valence-corrected chi connectivity index (χ2v) is 6.27. The first-order chi connectivity index (χ1) is 10.6. The van der Waals surface area contributed by atoms with Crippen molar-refractivity contribution in [1.82, 2.24) is 24.7 Å². The molecule has 3 aromatic rings. The molecule has 112 valence electrons. The van der Waals surface area contributed by atoms with Crippen molar-refractivity contribution >= 4 is 10.0 Å². The van der Waals surface area contributed by atoms with Crippen LogP contribution < -0.4 is 4.72 Å². The van der Waals surface area contributed by atoms with Crippen LogP contribution in [-0.4, -0.2) is 28.4 Å². The van der Waals surface area contributed by atoms with E-state index in [0.717, 1.165) is 16.8 Å². The van der Waals surface area contributed by atoms with Gasteiger partial charge in [0, 0.05) is 30.7 Å². The molecular formula is C14H13N5O2S. The highest BCUT2D eigenvalue weighted by atomic mass is 32.2. The second-order valence-electron chi connectivity index (χ2n) is 4.53. The van der Waals surface area contributed by atoms with Crippen LogP contribution in [0.2, 0.25) is 0 Å². The lowest BCUT2D eigenvalue weighted by molar-refractivity contribution is 0.578. The van der Waals surface area contributed by atoms with E-state index < -0.39 is 10.0 Å². The number of hydrogen-bond donors (Lipinski definition) is 2. The fraction of sp³-hybridized carbons (Fsp3) is 0.0714. The third kappa shape index (κ3) is 3.18. The van der Waals surface area contributed by atoms with E-state index in [1.54, 1.807) is 24.7 Å². The third-order valence-corrected chi connectivity index (χ3v) is 4.34. The van der Waals surface area contributed by atoms with Crippen LogP contribution in [0, 0.1) is 0 Å². The maximum Gasteiger partial charge on any atom is 0.257 e. The van der Waals surface area contributed by atoms with E-state index in [1.807, 2.05) is 18.2 Å². The highest BCUT2D eigenvalue weighted by molar-refractivity contribution is 7.89. The monoisotopic (exact) mass is 315 g/mol. The summed E-state index contributed by atoms with van der Waals surface area (Å²) in [6.07, 6.45) is 7.62. The van der Waals surface area contributed by atoms with Gasteiger partial charge >= 0.3 is 0 Å². The second kappa shape index (κ2) is 6.04. The molecule has 0 spiro atoms. The predicted octanol–water partition coefficient (Wildman–Crippen LogP) is 1.35. The van der Waals surface area contributed by atoms with E-state index in [2.05, 4.69) is 24.7 Å². The molecule has 0 amide bonds. The Morgan fingerprint density at radius 2 is 2.05 bits per heavy atom. The van der Waals surface area contributed by atoms with Gasteiger partial charge in [0.05, 0.1) is 18.2 Å². The normalized spacial score (nSPS) is 11.5. The first kappa shape index (κ1) is 14.4. The zero-order valence-corrected chi connectivity index (χ0v) is 12.3. The molecule has 0 fully saturated rings. The van der Waals surface area contributed by atoms with Crippen LogP contribution in [0.25, 0.3) is 11.3 Å². The molecule has 3 aromatic heterocycles. The summed E-state index contributed by atoms with van der Waals surface area (Å²) in [7, 11) is -3.59. The van der Waals surface area contributed by atoms with Gasteiger partial charge in [-0.3, -0.25) is 9.97 Å². The van der Waals surface area contributed by atoms with Gasteiger partial charge in [-0.2, -0.15) is 0 Å². The fourth-order valence-electron chi connectivity index (χ4n) is 1.90. The molecule has 0 saturated carbocycles. The number of aromatic amines is 1. The first-order valence-corrected chi connectivity index (χ1v) is 7.97. The highest BCUT2D eigenvalue weighted by Crippen LogP contribution is 2.16. The van der Waals surface area contributed by atoms with Crippen molar-refractivity contribution in [3.63, 3.8) is 0 Å². The Balaban J connectivity index is 1.77. The topological polar surface area (TPSA) is 101 Å². The van der Waals surface area contributed by atoms with Crippen molar-refractivity contribution in [3.05, 3.63) is 60.9 Å². The van der Waals surface area contributed by atoms with Gasteiger partial charge in [0.2, 0.25) is 0 Å². The molecule has 0 unspecified atom stereocenters. The van der Waals surface area contributed by atoms with Crippen LogP contribution in [0.4, 0.5) is 0 Å². The summed E-state index contributed by atoms with van der Waals surface area (Å²) in [4.78, 5) is 14.6. The van der Waals surface area contributed by atoms with Crippen LogP contribution in [0.15, 0.2) is 60.4 Å². The third-order valence-electron chi connectivity index (χ3n) is 3.01. The molecule has 8 heteroatoms. The van der Waals surface area contributed by atoms with Gasteiger partial charge in [-0.05, 0) is 29.8 Å². The zero-order chi connectivity index (χ0) is 15.4. The van der Waals surface area contributed by atoms with Crippen LogP contribution >= 0.6 is 0 Å². The summed E-state index contributed by atoms with van der Waals surface area (Å²) in [5.41, 5.74) is 2.42. The molecule has 0 radical (unpaired) electrons. The molecule has 3 heterocycles. The molecule has 0 aliphatic rings. The number of H-pyrrole nitrogens is 1. The van der Waals surface area contributed by atoms with Crippen molar-refractivity contribution < 1.29 is 8.42 Å². The van der Waals surface area contributed by atoms with Gasteiger partial charge in [-0.1, -0.05) is 0 Å². The average Bonchev–Trinajstić information content (AvgIpc) is 3.10. The molecule has 22 heavy (non-hydrogen) atoms. The Labute approximate surface area is 127 Å². The maximum absolute atomic E-state index is 12.0. The van der Waals surface area contributed by atoms with Crippen molar-refractivity contribution in [2.24, 2.45) is 0 Å². The number of nitrogens with one attached hydrogen (secondary N) is 2. The summed E-state index contributed by atoms with van der Waals surface area (Å²) >= 11 is 0. The molecular weight excluding hydrogens is 302 g/mol. The van der Waals surface area contributed by atoms with E-state index >= 15 is 0 Å². The number of rotatable bonds is 5. The van der Waals surface area contributed by atoms with Crippen molar-refractivity contribution in [3.8, 4) is 11.3 Å². The summed E-state index contributed by atoms with van der Waals surface area (Å²) in [6, 6.07) is 7.31. The van der Waals surface area contributed by atoms with Gasteiger partial charge in [-0.15, -0.1) is 0 Å². The van der Waals surface area contributed by atoms with Crippen molar-refractivity contribution in [2.45, 2.75) is 11.6 Å². The molecule has 0 aliphatic carbocycles. The van der Waals surface area contributed by atoms with E-state index in [0.29, 0.717) is 0 Å². The largest absolute Gasteiger partial charge is 0.335 e. The zero-order valence-electron chi connectivity index (χ0n) is 11.5.